The molecular formula is C18H25NOSi. The molecule has 0 radical (unpaired) electrons. The first-order valence-corrected chi connectivity index (χ1v) is 9.33. The minimum absolute atomic E-state index is 0.0106. The van der Waals surface area contributed by atoms with Gasteiger partial charge >= 0.3 is 0 Å². The third-order valence-corrected chi connectivity index (χ3v) is 8.91. The van der Waals surface area contributed by atoms with Crippen LogP contribution in [0.5, 0.6) is 0 Å². The fourth-order valence-electron chi connectivity index (χ4n) is 2.97. The maximum atomic E-state index is 6.49. The number of hydrogen-bond acceptors (Lipinski definition) is 2. The Kier molecular flexibility index (Phi) is 4.66. The van der Waals surface area contributed by atoms with Gasteiger partial charge in [0.1, 0.15) is 0 Å². The summed E-state index contributed by atoms with van der Waals surface area (Å²) < 4.78 is 6.49. The second-order valence-corrected chi connectivity index (χ2v) is 10.7. The summed E-state index contributed by atoms with van der Waals surface area (Å²) in [5.74, 6) is 0. The largest absolute Gasteiger partial charge is 0.393 e. The van der Waals surface area contributed by atoms with Crippen molar-refractivity contribution < 1.29 is 4.43 Å². The average molecular weight is 299 g/mol. The molecule has 112 valence electrons. The van der Waals surface area contributed by atoms with Crippen LogP contribution in [0.2, 0.25) is 5.04 Å². The third kappa shape index (κ3) is 3.10. The summed E-state index contributed by atoms with van der Waals surface area (Å²) in [6, 6.07) is 21.1. The lowest BCUT2D eigenvalue weighted by Crippen LogP contribution is -2.68. The molecule has 2 aromatic carbocycles. The molecule has 0 aliphatic rings. The van der Waals surface area contributed by atoms with Crippen LogP contribution in [0.1, 0.15) is 27.7 Å². The number of hydrogen-bond donors (Lipinski definition) is 1. The van der Waals surface area contributed by atoms with Gasteiger partial charge in [0.25, 0.3) is 8.32 Å². The van der Waals surface area contributed by atoms with Gasteiger partial charge in [0, 0.05) is 0 Å². The molecule has 2 aromatic rings. The highest BCUT2D eigenvalue weighted by Gasteiger charge is 2.50. The molecule has 0 spiro atoms. The Morgan fingerprint density at radius 3 is 1.52 bits per heavy atom. The van der Waals surface area contributed by atoms with Gasteiger partial charge in [-0.2, -0.15) is 0 Å². The van der Waals surface area contributed by atoms with Crippen LogP contribution in [-0.4, -0.2) is 14.5 Å². The molecular weight excluding hydrogens is 274 g/mol. The first-order chi connectivity index (χ1) is 9.88. The zero-order chi connectivity index (χ0) is 15.5. The van der Waals surface area contributed by atoms with E-state index in [4.69, 9.17) is 10.2 Å². The molecule has 1 unspecified atom stereocenters. The predicted octanol–water partition coefficient (Wildman–Crippen LogP) is 2.87. The molecule has 0 aromatic heterocycles. The molecule has 3 heteroatoms. The summed E-state index contributed by atoms with van der Waals surface area (Å²) in [5.41, 5.74) is 6.06. The van der Waals surface area contributed by atoms with Crippen molar-refractivity contribution in [3.8, 4) is 0 Å². The molecule has 0 amide bonds. The number of rotatable bonds is 4. The van der Waals surface area contributed by atoms with E-state index in [1.165, 1.54) is 10.4 Å². The van der Waals surface area contributed by atoms with Crippen LogP contribution in [-0.2, 0) is 4.43 Å². The van der Waals surface area contributed by atoms with Crippen LogP contribution in [0.15, 0.2) is 60.7 Å². The van der Waals surface area contributed by atoms with Crippen molar-refractivity contribution in [2.24, 2.45) is 5.73 Å². The van der Waals surface area contributed by atoms with Crippen molar-refractivity contribution in [3.05, 3.63) is 60.7 Å². The Hall–Kier alpha value is -1.42. The van der Waals surface area contributed by atoms with Gasteiger partial charge in [-0.05, 0) is 22.3 Å². The first kappa shape index (κ1) is 16.0. The van der Waals surface area contributed by atoms with Gasteiger partial charge in [-0.15, -0.1) is 0 Å². The van der Waals surface area contributed by atoms with Crippen molar-refractivity contribution >= 4 is 18.7 Å². The lowest BCUT2D eigenvalue weighted by atomic mass is 10.2. The second kappa shape index (κ2) is 6.14. The summed E-state index contributed by atoms with van der Waals surface area (Å²) in [7, 11) is -2.44. The molecule has 0 saturated carbocycles. The van der Waals surface area contributed by atoms with Crippen LogP contribution in [0, 0.1) is 0 Å². The van der Waals surface area contributed by atoms with E-state index in [-0.39, 0.29) is 11.3 Å². The highest BCUT2D eigenvalue weighted by molar-refractivity contribution is 6.99. The molecule has 1 atom stereocenters. The van der Waals surface area contributed by atoms with Crippen molar-refractivity contribution in [2.75, 3.05) is 0 Å². The molecule has 0 aliphatic heterocycles. The SMILES string of the molecule is CC(N)O[Si](c1ccccc1)(c1ccccc1)C(C)(C)C. The molecule has 2 nitrogen and oxygen atoms in total. The standard InChI is InChI=1S/C18H25NOSi/c1-15(19)20-21(18(2,3)4,16-11-7-5-8-12-16)17-13-9-6-10-14-17/h5-15H,19H2,1-4H3. The summed E-state index contributed by atoms with van der Waals surface area (Å²) in [5, 5.41) is 2.52. The lowest BCUT2D eigenvalue weighted by Gasteiger charge is -2.44. The summed E-state index contributed by atoms with van der Waals surface area (Å²) in [6.45, 7) is 8.67. The zero-order valence-electron chi connectivity index (χ0n) is 13.3. The minimum Gasteiger partial charge on any atom is -0.393 e. The average Bonchev–Trinajstić information content (AvgIpc) is 2.45. The fourth-order valence-corrected chi connectivity index (χ4v) is 7.54. The topological polar surface area (TPSA) is 35.2 Å². The van der Waals surface area contributed by atoms with E-state index in [0.29, 0.717) is 0 Å². The molecule has 0 saturated heterocycles. The first-order valence-electron chi connectivity index (χ1n) is 7.42. The van der Waals surface area contributed by atoms with Gasteiger partial charge in [0.15, 0.2) is 0 Å². The van der Waals surface area contributed by atoms with Gasteiger partial charge in [0.2, 0.25) is 0 Å². The van der Waals surface area contributed by atoms with Gasteiger partial charge < -0.3 is 10.2 Å². The van der Waals surface area contributed by atoms with E-state index >= 15 is 0 Å². The summed E-state index contributed by atoms with van der Waals surface area (Å²) >= 11 is 0. The van der Waals surface area contributed by atoms with Gasteiger partial charge in [-0.25, -0.2) is 0 Å². The van der Waals surface area contributed by atoms with Gasteiger partial charge in [0.05, 0.1) is 6.23 Å². The number of benzene rings is 2. The van der Waals surface area contributed by atoms with Crippen LogP contribution in [0.25, 0.3) is 0 Å². The Morgan fingerprint density at radius 1 is 0.857 bits per heavy atom. The van der Waals surface area contributed by atoms with Crippen molar-refractivity contribution in [1.29, 1.82) is 0 Å². The van der Waals surface area contributed by atoms with Crippen LogP contribution >= 0.6 is 0 Å². The zero-order valence-corrected chi connectivity index (χ0v) is 14.3. The second-order valence-electron chi connectivity index (χ2n) is 6.49. The Bertz CT molecular complexity index is 521. The summed E-state index contributed by atoms with van der Waals surface area (Å²) in [4.78, 5) is 0. The molecule has 2 rings (SSSR count). The molecule has 0 bridgehead atoms. The maximum absolute atomic E-state index is 6.49. The van der Waals surface area contributed by atoms with E-state index in [1.807, 2.05) is 19.1 Å². The van der Waals surface area contributed by atoms with Gasteiger partial charge in [-0.3, -0.25) is 0 Å². The molecule has 21 heavy (non-hydrogen) atoms. The van der Waals surface area contributed by atoms with Crippen LogP contribution in [0.4, 0.5) is 0 Å². The highest BCUT2D eigenvalue weighted by atomic mass is 28.4. The predicted molar refractivity (Wildman–Crippen MR) is 92.4 cm³/mol. The highest BCUT2D eigenvalue weighted by Crippen LogP contribution is 2.36. The Balaban J connectivity index is 2.72. The molecule has 0 heterocycles. The normalized spacial score (nSPS) is 14.0. The number of nitrogens with two attached hydrogens (primary N) is 1. The monoisotopic (exact) mass is 299 g/mol. The minimum atomic E-state index is -2.44. The Labute approximate surface area is 129 Å². The maximum Gasteiger partial charge on any atom is 0.263 e. The fraction of sp³-hybridized carbons (Fsp3) is 0.333. The van der Waals surface area contributed by atoms with Crippen LogP contribution < -0.4 is 16.1 Å². The Morgan fingerprint density at radius 2 is 1.24 bits per heavy atom. The van der Waals surface area contributed by atoms with Crippen molar-refractivity contribution in [2.45, 2.75) is 39.0 Å². The van der Waals surface area contributed by atoms with E-state index in [0.717, 1.165) is 0 Å². The van der Waals surface area contributed by atoms with E-state index in [2.05, 4.69) is 69.3 Å². The lowest BCUT2D eigenvalue weighted by molar-refractivity contribution is 0.214. The third-order valence-electron chi connectivity index (χ3n) is 3.78. The van der Waals surface area contributed by atoms with E-state index in [9.17, 15) is 0 Å². The molecule has 0 aliphatic carbocycles. The van der Waals surface area contributed by atoms with Crippen LogP contribution in [0.3, 0.4) is 0 Å². The molecule has 2 N–H and O–H groups in total. The smallest absolute Gasteiger partial charge is 0.263 e. The summed E-state index contributed by atoms with van der Waals surface area (Å²) in [6.07, 6.45) is -0.295. The van der Waals surface area contributed by atoms with E-state index in [1.54, 1.807) is 0 Å². The van der Waals surface area contributed by atoms with Crippen molar-refractivity contribution in [1.82, 2.24) is 0 Å². The van der Waals surface area contributed by atoms with E-state index < -0.39 is 8.32 Å². The quantitative estimate of drug-likeness (QED) is 0.696. The van der Waals surface area contributed by atoms with Gasteiger partial charge in [-0.1, -0.05) is 81.4 Å². The van der Waals surface area contributed by atoms with Crippen molar-refractivity contribution in [3.63, 3.8) is 0 Å². The molecule has 0 fully saturated rings.